The Kier molecular flexibility index (Phi) is 11.3. The molecule has 0 aromatic heterocycles. The molecule has 0 aromatic carbocycles. The highest BCUT2D eigenvalue weighted by molar-refractivity contribution is 5.69. The molecule has 0 amide bonds. The zero-order valence-electron chi connectivity index (χ0n) is 18.2. The van der Waals surface area contributed by atoms with Crippen molar-refractivity contribution in [1.82, 2.24) is 0 Å². The average molecular weight is 411 g/mol. The van der Waals surface area contributed by atoms with E-state index >= 15 is 0 Å². The fourth-order valence-electron chi connectivity index (χ4n) is 5.18. The van der Waals surface area contributed by atoms with Gasteiger partial charge < -0.3 is 20.1 Å². The lowest BCUT2D eigenvalue weighted by atomic mass is 9.83. The van der Waals surface area contributed by atoms with E-state index in [0.717, 1.165) is 44.4 Å². The lowest BCUT2D eigenvalue weighted by molar-refractivity contribution is -0.140. The number of esters is 1. The van der Waals surface area contributed by atoms with Crippen molar-refractivity contribution in [3.63, 3.8) is 0 Å². The van der Waals surface area contributed by atoms with Crippen molar-refractivity contribution in [2.24, 2.45) is 17.8 Å². The third-order valence-electron chi connectivity index (χ3n) is 7.04. The normalized spacial score (nSPS) is 29.4. The molecule has 5 heteroatoms. The number of ether oxygens (including phenoxy) is 1. The molecule has 0 bridgehead atoms. The molecule has 0 radical (unpaired) electrons. The molecule has 2 aliphatic carbocycles. The van der Waals surface area contributed by atoms with Gasteiger partial charge in [-0.3, -0.25) is 4.79 Å². The van der Waals surface area contributed by atoms with Crippen LogP contribution in [0.4, 0.5) is 0 Å². The van der Waals surface area contributed by atoms with Crippen LogP contribution in [0, 0.1) is 17.8 Å². The fraction of sp³-hybridized carbons (Fsp3) is 0.875. The second-order valence-electron chi connectivity index (χ2n) is 9.19. The summed E-state index contributed by atoms with van der Waals surface area (Å²) < 4.78 is 4.63. The smallest absolute Gasteiger partial charge is 0.305 e. The van der Waals surface area contributed by atoms with E-state index in [4.69, 9.17) is 0 Å². The summed E-state index contributed by atoms with van der Waals surface area (Å²) >= 11 is 0. The van der Waals surface area contributed by atoms with Crippen LogP contribution < -0.4 is 0 Å². The molecule has 0 spiro atoms. The highest BCUT2D eigenvalue weighted by atomic mass is 16.5. The van der Waals surface area contributed by atoms with Crippen LogP contribution in [-0.2, 0) is 9.53 Å². The molecule has 168 valence electrons. The SMILES string of the molecule is COC(=O)CCC/C=C\C[C@@H]1[C@@H](CCC(O)CCC2CCCCC2)[C@H](O)C[C@@H]1O. The minimum atomic E-state index is -0.478. The first kappa shape index (κ1) is 24.4. The molecule has 1 unspecified atom stereocenters. The lowest BCUT2D eigenvalue weighted by Gasteiger charge is -2.25. The van der Waals surface area contributed by atoms with Crippen LogP contribution in [-0.4, -0.2) is 46.7 Å². The molecule has 0 heterocycles. The molecule has 0 aliphatic heterocycles. The maximum Gasteiger partial charge on any atom is 0.305 e. The van der Waals surface area contributed by atoms with E-state index in [1.54, 1.807) is 0 Å². The van der Waals surface area contributed by atoms with E-state index in [-0.39, 0.29) is 23.9 Å². The van der Waals surface area contributed by atoms with Crippen molar-refractivity contribution in [2.75, 3.05) is 7.11 Å². The Morgan fingerprint density at radius 1 is 1.03 bits per heavy atom. The predicted octanol–water partition coefficient (Wildman–Crippen LogP) is 4.14. The fourth-order valence-corrected chi connectivity index (χ4v) is 5.18. The summed E-state index contributed by atoms with van der Waals surface area (Å²) in [4.78, 5) is 11.1. The van der Waals surface area contributed by atoms with Crippen molar-refractivity contribution in [3.8, 4) is 0 Å². The number of allylic oxidation sites excluding steroid dienone is 2. The molecule has 5 nitrogen and oxygen atoms in total. The molecular formula is C24H42O5. The molecule has 2 fully saturated rings. The standard InChI is InChI=1S/C24H42O5/c1-29-24(28)12-8-3-2-7-11-20-21(23(27)17-22(20)26)16-15-19(25)14-13-18-9-5-4-6-10-18/h2,7,18-23,25-27H,3-6,8-17H2,1H3/b7-2-/t19?,20-,21-,22+,23-/m1/s1. The number of hydrogen-bond donors (Lipinski definition) is 3. The van der Waals surface area contributed by atoms with Crippen LogP contribution >= 0.6 is 0 Å². The van der Waals surface area contributed by atoms with Crippen molar-refractivity contribution < 1.29 is 24.9 Å². The first-order valence-electron chi connectivity index (χ1n) is 11.8. The van der Waals surface area contributed by atoms with E-state index in [1.807, 2.05) is 0 Å². The first-order valence-corrected chi connectivity index (χ1v) is 11.8. The van der Waals surface area contributed by atoms with Gasteiger partial charge >= 0.3 is 5.97 Å². The van der Waals surface area contributed by atoms with Gasteiger partial charge in [0.2, 0.25) is 0 Å². The number of aliphatic hydroxyl groups excluding tert-OH is 3. The lowest BCUT2D eigenvalue weighted by Crippen LogP contribution is -2.23. The van der Waals surface area contributed by atoms with E-state index in [0.29, 0.717) is 19.3 Å². The average Bonchev–Trinajstić information content (AvgIpc) is 3.00. The molecule has 29 heavy (non-hydrogen) atoms. The van der Waals surface area contributed by atoms with Gasteiger partial charge in [-0.2, -0.15) is 0 Å². The summed E-state index contributed by atoms with van der Waals surface area (Å²) in [6.07, 6.45) is 16.2. The summed E-state index contributed by atoms with van der Waals surface area (Å²) in [5, 5.41) is 31.2. The number of hydrogen-bond acceptors (Lipinski definition) is 5. The van der Waals surface area contributed by atoms with Crippen LogP contribution in [0.15, 0.2) is 12.2 Å². The number of carbonyl (C=O) groups is 1. The quantitative estimate of drug-likeness (QED) is 0.256. The van der Waals surface area contributed by atoms with Crippen LogP contribution in [0.25, 0.3) is 0 Å². The zero-order chi connectivity index (χ0) is 21.1. The van der Waals surface area contributed by atoms with Gasteiger partial charge in [0.05, 0.1) is 25.4 Å². The Hall–Kier alpha value is -0.910. The minimum absolute atomic E-state index is 0.0485. The Morgan fingerprint density at radius 2 is 1.72 bits per heavy atom. The number of rotatable bonds is 12. The van der Waals surface area contributed by atoms with Gasteiger partial charge in [0.1, 0.15) is 0 Å². The van der Waals surface area contributed by atoms with Crippen molar-refractivity contribution in [2.45, 2.75) is 108 Å². The Morgan fingerprint density at radius 3 is 2.45 bits per heavy atom. The van der Waals surface area contributed by atoms with Gasteiger partial charge in [0.25, 0.3) is 0 Å². The number of methoxy groups -OCH3 is 1. The number of unbranched alkanes of at least 4 members (excludes halogenated alkanes) is 1. The van der Waals surface area contributed by atoms with Gasteiger partial charge in [-0.05, 0) is 69.1 Å². The minimum Gasteiger partial charge on any atom is -0.469 e. The highest BCUT2D eigenvalue weighted by Crippen LogP contribution is 2.38. The van der Waals surface area contributed by atoms with Crippen LogP contribution in [0.5, 0.6) is 0 Å². The third kappa shape index (κ3) is 8.77. The summed E-state index contributed by atoms with van der Waals surface area (Å²) in [6, 6.07) is 0. The predicted molar refractivity (Wildman–Crippen MR) is 114 cm³/mol. The van der Waals surface area contributed by atoms with Crippen LogP contribution in [0.1, 0.15) is 89.9 Å². The number of aliphatic hydroxyl groups is 3. The molecule has 2 aliphatic rings. The molecule has 3 N–H and O–H groups in total. The first-order chi connectivity index (χ1) is 14.0. The van der Waals surface area contributed by atoms with Gasteiger partial charge in [-0.15, -0.1) is 0 Å². The zero-order valence-corrected chi connectivity index (χ0v) is 18.2. The summed E-state index contributed by atoms with van der Waals surface area (Å²) in [5.74, 6) is 0.700. The van der Waals surface area contributed by atoms with Crippen LogP contribution in [0.2, 0.25) is 0 Å². The molecule has 2 saturated carbocycles. The largest absolute Gasteiger partial charge is 0.469 e. The molecular weight excluding hydrogens is 368 g/mol. The van der Waals surface area contributed by atoms with Crippen molar-refractivity contribution >= 4 is 5.97 Å². The monoisotopic (exact) mass is 410 g/mol. The van der Waals surface area contributed by atoms with Gasteiger partial charge in [0.15, 0.2) is 0 Å². The Labute approximate surface area is 176 Å². The van der Waals surface area contributed by atoms with Gasteiger partial charge in [-0.25, -0.2) is 0 Å². The Balaban J connectivity index is 1.68. The number of carbonyl (C=O) groups excluding carboxylic acids is 1. The molecule has 2 rings (SSSR count). The van der Waals surface area contributed by atoms with E-state index in [1.165, 1.54) is 39.2 Å². The summed E-state index contributed by atoms with van der Waals surface area (Å²) in [5.41, 5.74) is 0. The Bertz CT molecular complexity index is 486. The summed E-state index contributed by atoms with van der Waals surface area (Å²) in [7, 11) is 1.40. The molecule has 0 aromatic rings. The topological polar surface area (TPSA) is 87.0 Å². The second-order valence-corrected chi connectivity index (χ2v) is 9.19. The van der Waals surface area contributed by atoms with Gasteiger partial charge in [0, 0.05) is 6.42 Å². The third-order valence-corrected chi connectivity index (χ3v) is 7.04. The van der Waals surface area contributed by atoms with E-state index in [9.17, 15) is 20.1 Å². The van der Waals surface area contributed by atoms with Gasteiger partial charge in [-0.1, -0.05) is 44.3 Å². The maximum absolute atomic E-state index is 11.1. The molecule has 5 atom stereocenters. The van der Waals surface area contributed by atoms with Crippen molar-refractivity contribution in [1.29, 1.82) is 0 Å². The van der Waals surface area contributed by atoms with Crippen LogP contribution in [0.3, 0.4) is 0 Å². The maximum atomic E-state index is 11.1. The van der Waals surface area contributed by atoms with E-state index in [2.05, 4.69) is 16.9 Å². The highest BCUT2D eigenvalue weighted by Gasteiger charge is 2.40. The summed E-state index contributed by atoms with van der Waals surface area (Å²) in [6.45, 7) is 0. The second kappa shape index (κ2) is 13.4. The van der Waals surface area contributed by atoms with Crippen molar-refractivity contribution in [3.05, 3.63) is 12.2 Å². The molecule has 0 saturated heterocycles. The van der Waals surface area contributed by atoms with E-state index < -0.39 is 12.2 Å².